The van der Waals surface area contributed by atoms with Crippen molar-refractivity contribution in [2.24, 2.45) is 0 Å². The van der Waals surface area contributed by atoms with Crippen molar-refractivity contribution in [3.63, 3.8) is 0 Å². The lowest BCUT2D eigenvalue weighted by molar-refractivity contribution is -0.0111. The van der Waals surface area contributed by atoms with Crippen LogP contribution in [0.1, 0.15) is 30.4 Å². The predicted octanol–water partition coefficient (Wildman–Crippen LogP) is 2.29. The van der Waals surface area contributed by atoms with Gasteiger partial charge in [-0.2, -0.15) is 0 Å². The van der Waals surface area contributed by atoms with Crippen molar-refractivity contribution in [2.45, 2.75) is 32.3 Å². The molecule has 1 atom stereocenters. The Labute approximate surface area is 114 Å². The van der Waals surface area contributed by atoms with Crippen LogP contribution in [0.3, 0.4) is 0 Å². The van der Waals surface area contributed by atoms with Gasteiger partial charge in [0, 0.05) is 12.2 Å². The molecule has 1 aliphatic rings. The maximum absolute atomic E-state index is 8.67. The average molecular weight is 260 g/mol. The first kappa shape index (κ1) is 13.9. The molecule has 102 valence electrons. The predicted molar refractivity (Wildman–Crippen MR) is 74.2 cm³/mol. The molecule has 1 aliphatic heterocycles. The van der Waals surface area contributed by atoms with Gasteiger partial charge in [-0.15, -0.1) is 0 Å². The third kappa shape index (κ3) is 4.27. The highest BCUT2D eigenvalue weighted by Crippen LogP contribution is 2.20. The van der Waals surface area contributed by atoms with Gasteiger partial charge in [0.25, 0.3) is 0 Å². The first-order chi connectivity index (χ1) is 9.29. The van der Waals surface area contributed by atoms with Crippen LogP contribution in [-0.2, 0) is 4.74 Å². The zero-order chi connectivity index (χ0) is 13.5. The molecule has 1 N–H and O–H groups in total. The molecule has 2 rings (SSSR count). The smallest absolute Gasteiger partial charge is 0.122 e. The van der Waals surface area contributed by atoms with Gasteiger partial charge in [0.1, 0.15) is 19.0 Å². The maximum Gasteiger partial charge on any atom is 0.122 e. The molecule has 0 amide bonds. The van der Waals surface area contributed by atoms with E-state index in [1.54, 1.807) is 0 Å². The fraction of sp³-hybridized carbons (Fsp3) is 0.500. The van der Waals surface area contributed by atoms with Crippen molar-refractivity contribution in [3.8, 4) is 17.6 Å². The van der Waals surface area contributed by atoms with E-state index in [9.17, 15) is 0 Å². The van der Waals surface area contributed by atoms with Crippen LogP contribution < -0.4 is 4.74 Å². The van der Waals surface area contributed by atoms with Crippen LogP contribution in [0.4, 0.5) is 0 Å². The summed E-state index contributed by atoms with van der Waals surface area (Å²) in [5, 5.41) is 8.67. The van der Waals surface area contributed by atoms with Crippen LogP contribution in [0.25, 0.3) is 0 Å². The van der Waals surface area contributed by atoms with Gasteiger partial charge < -0.3 is 14.6 Å². The van der Waals surface area contributed by atoms with Crippen LogP contribution in [0.5, 0.6) is 5.75 Å². The molecule has 1 aromatic carbocycles. The number of aryl methyl sites for hydroxylation is 1. The van der Waals surface area contributed by atoms with Crippen molar-refractivity contribution < 1.29 is 14.6 Å². The molecule has 3 heteroatoms. The van der Waals surface area contributed by atoms with E-state index in [1.807, 2.05) is 25.1 Å². The van der Waals surface area contributed by atoms with E-state index in [4.69, 9.17) is 14.6 Å². The maximum atomic E-state index is 8.67. The summed E-state index contributed by atoms with van der Waals surface area (Å²) in [4.78, 5) is 0. The van der Waals surface area contributed by atoms with E-state index in [0.717, 1.165) is 36.3 Å². The van der Waals surface area contributed by atoms with E-state index >= 15 is 0 Å². The molecule has 19 heavy (non-hydrogen) atoms. The van der Waals surface area contributed by atoms with E-state index in [-0.39, 0.29) is 12.7 Å². The number of hydrogen-bond donors (Lipinski definition) is 1. The van der Waals surface area contributed by atoms with Gasteiger partial charge in [0.15, 0.2) is 0 Å². The summed E-state index contributed by atoms with van der Waals surface area (Å²) in [6.45, 7) is 3.35. The van der Waals surface area contributed by atoms with Gasteiger partial charge in [0.05, 0.1) is 6.10 Å². The summed E-state index contributed by atoms with van der Waals surface area (Å²) in [6.07, 6.45) is 3.69. The minimum absolute atomic E-state index is 0.115. The number of aliphatic hydroxyl groups is 1. The Bertz CT molecular complexity index is 465. The van der Waals surface area contributed by atoms with E-state index in [0.29, 0.717) is 6.61 Å². The highest BCUT2D eigenvalue weighted by molar-refractivity contribution is 5.43. The summed E-state index contributed by atoms with van der Waals surface area (Å²) in [5.74, 6) is 6.41. The standard InChI is InChI=1S/C16H20O3/c1-13-11-14(5-4-9-17)7-8-16(13)19-12-15-6-2-3-10-18-15/h7-8,11,15,17H,2-3,6,9-10,12H2,1H3. The van der Waals surface area contributed by atoms with Crippen LogP contribution in [0.15, 0.2) is 18.2 Å². The van der Waals surface area contributed by atoms with Gasteiger partial charge >= 0.3 is 0 Å². The second-order valence-corrected chi connectivity index (χ2v) is 4.74. The number of ether oxygens (including phenoxy) is 2. The third-order valence-corrected chi connectivity index (χ3v) is 3.19. The number of aliphatic hydroxyl groups excluding tert-OH is 1. The van der Waals surface area contributed by atoms with Crippen molar-refractivity contribution in [1.82, 2.24) is 0 Å². The lowest BCUT2D eigenvalue weighted by Crippen LogP contribution is -2.25. The molecule has 1 aromatic rings. The highest BCUT2D eigenvalue weighted by atomic mass is 16.5. The van der Waals surface area contributed by atoms with Gasteiger partial charge in [-0.05, 0) is 49.9 Å². The average Bonchev–Trinajstić information content (AvgIpc) is 2.45. The first-order valence-corrected chi connectivity index (χ1v) is 6.74. The van der Waals surface area contributed by atoms with Gasteiger partial charge in [-0.1, -0.05) is 11.8 Å². The molecule has 1 unspecified atom stereocenters. The molecule has 3 nitrogen and oxygen atoms in total. The van der Waals surface area contributed by atoms with E-state index in [2.05, 4.69) is 11.8 Å². The summed E-state index contributed by atoms with van der Waals surface area (Å²) >= 11 is 0. The molecule has 1 fully saturated rings. The summed E-state index contributed by atoms with van der Waals surface area (Å²) in [5.41, 5.74) is 1.95. The Morgan fingerprint density at radius 2 is 2.32 bits per heavy atom. The third-order valence-electron chi connectivity index (χ3n) is 3.19. The molecule has 1 saturated heterocycles. The fourth-order valence-corrected chi connectivity index (χ4v) is 2.15. The Balaban J connectivity index is 1.93. The SMILES string of the molecule is Cc1cc(C#CCO)ccc1OCC1CCCCO1. The molecule has 1 heterocycles. The Morgan fingerprint density at radius 1 is 1.42 bits per heavy atom. The van der Waals surface area contributed by atoms with Crippen molar-refractivity contribution >= 4 is 0 Å². The molecule has 0 spiro atoms. The fourth-order valence-electron chi connectivity index (χ4n) is 2.15. The summed E-state index contributed by atoms with van der Waals surface area (Å²) in [6, 6.07) is 5.81. The molecular formula is C16H20O3. The second kappa shape index (κ2) is 7.18. The molecule has 0 saturated carbocycles. The summed E-state index contributed by atoms with van der Waals surface area (Å²) < 4.78 is 11.5. The molecule has 0 radical (unpaired) electrons. The van der Waals surface area contributed by atoms with Crippen LogP contribution in [-0.4, -0.2) is 31.0 Å². The first-order valence-electron chi connectivity index (χ1n) is 6.74. The van der Waals surface area contributed by atoms with E-state index in [1.165, 1.54) is 6.42 Å². The zero-order valence-corrected chi connectivity index (χ0v) is 11.3. The van der Waals surface area contributed by atoms with Crippen LogP contribution in [0.2, 0.25) is 0 Å². The van der Waals surface area contributed by atoms with Crippen LogP contribution in [0, 0.1) is 18.8 Å². The monoisotopic (exact) mass is 260 g/mol. The largest absolute Gasteiger partial charge is 0.491 e. The van der Waals surface area contributed by atoms with Crippen molar-refractivity contribution in [3.05, 3.63) is 29.3 Å². The minimum atomic E-state index is -0.115. The lowest BCUT2D eigenvalue weighted by Gasteiger charge is -2.23. The minimum Gasteiger partial charge on any atom is -0.491 e. The number of benzene rings is 1. The highest BCUT2D eigenvalue weighted by Gasteiger charge is 2.14. The molecular weight excluding hydrogens is 240 g/mol. The quantitative estimate of drug-likeness (QED) is 0.847. The Hall–Kier alpha value is -1.50. The van der Waals surface area contributed by atoms with Gasteiger partial charge in [-0.25, -0.2) is 0 Å². The van der Waals surface area contributed by atoms with E-state index < -0.39 is 0 Å². The zero-order valence-electron chi connectivity index (χ0n) is 11.3. The van der Waals surface area contributed by atoms with Crippen LogP contribution >= 0.6 is 0 Å². The van der Waals surface area contributed by atoms with Gasteiger partial charge in [0.2, 0.25) is 0 Å². The molecule has 0 bridgehead atoms. The topological polar surface area (TPSA) is 38.7 Å². The normalized spacial score (nSPS) is 18.5. The summed E-state index contributed by atoms with van der Waals surface area (Å²) in [7, 11) is 0. The van der Waals surface area contributed by atoms with Gasteiger partial charge in [-0.3, -0.25) is 0 Å². The van der Waals surface area contributed by atoms with Crippen molar-refractivity contribution in [2.75, 3.05) is 19.8 Å². The second-order valence-electron chi connectivity index (χ2n) is 4.74. The molecule has 0 aromatic heterocycles. The Kier molecular flexibility index (Phi) is 5.26. The number of rotatable bonds is 3. The lowest BCUT2D eigenvalue weighted by atomic mass is 10.1. The number of hydrogen-bond acceptors (Lipinski definition) is 3. The van der Waals surface area contributed by atoms with Crippen molar-refractivity contribution in [1.29, 1.82) is 0 Å². The Morgan fingerprint density at radius 3 is 3.00 bits per heavy atom. The molecule has 0 aliphatic carbocycles.